The molecule has 0 saturated carbocycles. The molecule has 14 heavy (non-hydrogen) atoms. The van der Waals surface area contributed by atoms with Gasteiger partial charge in [0, 0.05) is 24.1 Å². The lowest BCUT2D eigenvalue weighted by molar-refractivity contribution is -0.149. The van der Waals surface area contributed by atoms with E-state index in [1.165, 1.54) is 7.11 Å². The van der Waals surface area contributed by atoms with Crippen LogP contribution < -0.4 is 11.5 Å². The second kappa shape index (κ2) is 6.27. The van der Waals surface area contributed by atoms with Crippen molar-refractivity contribution in [3.63, 3.8) is 0 Å². The third-order valence-electron chi connectivity index (χ3n) is 1.84. The van der Waals surface area contributed by atoms with E-state index in [2.05, 4.69) is 0 Å². The van der Waals surface area contributed by atoms with Crippen LogP contribution in [0, 0.1) is 5.41 Å². The standard InChI is InChI=1S/C9H20N2O2S/c1-9(2,8(12)13-3)6-14-5-7(11)4-10/h7H,4-6,10-11H2,1-3H3. The summed E-state index contributed by atoms with van der Waals surface area (Å²) in [4.78, 5) is 11.3. The van der Waals surface area contributed by atoms with Crippen LogP contribution in [0.1, 0.15) is 13.8 Å². The van der Waals surface area contributed by atoms with Crippen LogP contribution in [0.2, 0.25) is 0 Å². The Morgan fingerprint density at radius 1 is 1.57 bits per heavy atom. The molecule has 0 fully saturated rings. The third kappa shape index (κ3) is 4.83. The Morgan fingerprint density at radius 3 is 2.57 bits per heavy atom. The maximum Gasteiger partial charge on any atom is 0.312 e. The van der Waals surface area contributed by atoms with Crippen molar-refractivity contribution in [3.05, 3.63) is 0 Å². The van der Waals surface area contributed by atoms with E-state index >= 15 is 0 Å². The summed E-state index contributed by atoms with van der Waals surface area (Å²) in [5, 5.41) is 0. The quantitative estimate of drug-likeness (QED) is 0.625. The van der Waals surface area contributed by atoms with Gasteiger partial charge in [0.15, 0.2) is 0 Å². The van der Waals surface area contributed by atoms with Crippen LogP contribution in [0.4, 0.5) is 0 Å². The second-order valence-electron chi connectivity index (χ2n) is 3.89. The summed E-state index contributed by atoms with van der Waals surface area (Å²) in [6.07, 6.45) is 0. The summed E-state index contributed by atoms with van der Waals surface area (Å²) in [6, 6.07) is 0.00782. The van der Waals surface area contributed by atoms with Gasteiger partial charge >= 0.3 is 5.97 Å². The van der Waals surface area contributed by atoms with Gasteiger partial charge in [-0.15, -0.1) is 0 Å². The number of hydrogen-bond acceptors (Lipinski definition) is 5. The fraction of sp³-hybridized carbons (Fsp3) is 0.889. The highest BCUT2D eigenvalue weighted by Crippen LogP contribution is 2.23. The predicted octanol–water partition coefficient (Wildman–Crippen LogP) is 0.205. The van der Waals surface area contributed by atoms with Crippen molar-refractivity contribution < 1.29 is 9.53 Å². The number of esters is 1. The van der Waals surface area contributed by atoms with Crippen LogP contribution in [0.25, 0.3) is 0 Å². The first-order valence-corrected chi connectivity index (χ1v) is 5.71. The summed E-state index contributed by atoms with van der Waals surface area (Å²) < 4.78 is 4.69. The molecule has 0 saturated heterocycles. The first kappa shape index (κ1) is 13.7. The molecule has 0 aliphatic carbocycles. The lowest BCUT2D eigenvalue weighted by Crippen LogP contribution is -2.34. The van der Waals surface area contributed by atoms with Crippen LogP contribution in [-0.2, 0) is 9.53 Å². The Bertz CT molecular complexity index is 186. The minimum atomic E-state index is -0.451. The van der Waals surface area contributed by atoms with Crippen molar-refractivity contribution in [1.82, 2.24) is 0 Å². The fourth-order valence-electron chi connectivity index (χ4n) is 0.869. The van der Waals surface area contributed by atoms with Crippen LogP contribution in [0.15, 0.2) is 0 Å². The molecule has 1 unspecified atom stereocenters. The number of hydrogen-bond donors (Lipinski definition) is 2. The molecule has 0 aromatic carbocycles. The molecule has 4 N–H and O–H groups in total. The molecule has 0 radical (unpaired) electrons. The molecule has 0 aliphatic rings. The number of rotatable bonds is 6. The highest BCUT2D eigenvalue weighted by Gasteiger charge is 2.28. The van der Waals surface area contributed by atoms with Gasteiger partial charge in [0.2, 0.25) is 0 Å². The molecule has 1 atom stereocenters. The lowest BCUT2D eigenvalue weighted by Gasteiger charge is -2.21. The van der Waals surface area contributed by atoms with Crippen molar-refractivity contribution in [2.45, 2.75) is 19.9 Å². The number of nitrogens with two attached hydrogens (primary N) is 2. The smallest absolute Gasteiger partial charge is 0.312 e. The molecule has 0 aromatic rings. The zero-order valence-corrected chi connectivity index (χ0v) is 9.89. The molecule has 84 valence electrons. The van der Waals surface area contributed by atoms with E-state index in [0.717, 1.165) is 5.75 Å². The molecule has 0 amide bonds. The molecule has 0 spiro atoms. The Morgan fingerprint density at radius 2 is 2.14 bits per heavy atom. The zero-order chi connectivity index (χ0) is 11.2. The Kier molecular flexibility index (Phi) is 6.15. The van der Waals surface area contributed by atoms with E-state index in [-0.39, 0.29) is 12.0 Å². The lowest BCUT2D eigenvalue weighted by atomic mass is 9.97. The van der Waals surface area contributed by atoms with Crippen LogP contribution in [-0.4, -0.2) is 37.2 Å². The maximum atomic E-state index is 11.3. The number of carbonyl (C=O) groups excluding carboxylic acids is 1. The zero-order valence-electron chi connectivity index (χ0n) is 9.08. The van der Waals surface area contributed by atoms with E-state index in [1.54, 1.807) is 11.8 Å². The van der Waals surface area contributed by atoms with Crippen molar-refractivity contribution >= 4 is 17.7 Å². The number of methoxy groups -OCH3 is 1. The molecular weight excluding hydrogens is 200 g/mol. The summed E-state index contributed by atoms with van der Waals surface area (Å²) in [5.74, 6) is 1.29. The van der Waals surface area contributed by atoms with Gasteiger partial charge in [-0.2, -0.15) is 11.8 Å². The number of carbonyl (C=O) groups is 1. The molecule has 0 aromatic heterocycles. The minimum Gasteiger partial charge on any atom is -0.469 e. The van der Waals surface area contributed by atoms with Crippen molar-refractivity contribution in [1.29, 1.82) is 0 Å². The van der Waals surface area contributed by atoms with Crippen LogP contribution in [0.3, 0.4) is 0 Å². The van der Waals surface area contributed by atoms with Gasteiger partial charge in [-0.25, -0.2) is 0 Å². The molecule has 0 heterocycles. The highest BCUT2D eigenvalue weighted by molar-refractivity contribution is 7.99. The molecule has 0 aliphatic heterocycles. The number of ether oxygens (including phenoxy) is 1. The van der Waals surface area contributed by atoms with E-state index in [9.17, 15) is 4.79 Å². The summed E-state index contributed by atoms with van der Waals surface area (Å²) in [7, 11) is 1.40. The van der Waals surface area contributed by atoms with Crippen molar-refractivity contribution in [2.24, 2.45) is 16.9 Å². The van der Waals surface area contributed by atoms with Gasteiger partial charge in [0.05, 0.1) is 12.5 Å². The van der Waals surface area contributed by atoms with Gasteiger partial charge in [0.1, 0.15) is 0 Å². The van der Waals surface area contributed by atoms with Gasteiger partial charge in [-0.3, -0.25) is 4.79 Å². The van der Waals surface area contributed by atoms with Gasteiger partial charge in [-0.05, 0) is 13.8 Å². The normalized spacial score (nSPS) is 13.8. The van der Waals surface area contributed by atoms with E-state index < -0.39 is 5.41 Å². The Hall–Kier alpha value is -0.260. The van der Waals surface area contributed by atoms with E-state index in [0.29, 0.717) is 12.3 Å². The summed E-state index contributed by atoms with van der Waals surface area (Å²) in [6.45, 7) is 4.20. The topological polar surface area (TPSA) is 78.3 Å². The van der Waals surface area contributed by atoms with E-state index in [4.69, 9.17) is 16.2 Å². The monoisotopic (exact) mass is 220 g/mol. The Balaban J connectivity index is 3.82. The third-order valence-corrected chi connectivity index (χ3v) is 3.43. The average Bonchev–Trinajstić information content (AvgIpc) is 2.15. The van der Waals surface area contributed by atoms with E-state index in [1.807, 2.05) is 13.8 Å². The number of thioether (sulfide) groups is 1. The first-order chi connectivity index (χ1) is 6.44. The maximum absolute atomic E-state index is 11.3. The fourth-order valence-corrected chi connectivity index (χ4v) is 2.05. The van der Waals surface area contributed by atoms with Gasteiger partial charge in [-0.1, -0.05) is 0 Å². The molecule has 5 heteroatoms. The molecular formula is C9H20N2O2S. The Labute approximate surface area is 89.7 Å². The second-order valence-corrected chi connectivity index (χ2v) is 4.92. The van der Waals surface area contributed by atoms with Gasteiger partial charge in [0.25, 0.3) is 0 Å². The van der Waals surface area contributed by atoms with Crippen molar-refractivity contribution in [3.8, 4) is 0 Å². The van der Waals surface area contributed by atoms with Crippen LogP contribution >= 0.6 is 11.8 Å². The minimum absolute atomic E-state index is 0.00782. The average molecular weight is 220 g/mol. The highest BCUT2D eigenvalue weighted by atomic mass is 32.2. The predicted molar refractivity (Wildman–Crippen MR) is 60.2 cm³/mol. The van der Waals surface area contributed by atoms with Crippen molar-refractivity contribution in [2.75, 3.05) is 25.2 Å². The summed E-state index contributed by atoms with van der Waals surface area (Å²) in [5.41, 5.74) is 10.6. The first-order valence-electron chi connectivity index (χ1n) is 4.56. The summed E-state index contributed by atoms with van der Waals surface area (Å²) >= 11 is 1.63. The van der Waals surface area contributed by atoms with Gasteiger partial charge < -0.3 is 16.2 Å². The molecule has 4 nitrogen and oxygen atoms in total. The molecule has 0 rings (SSSR count). The molecule has 0 bridgehead atoms. The largest absolute Gasteiger partial charge is 0.469 e. The SMILES string of the molecule is COC(=O)C(C)(C)CSCC(N)CN. The van der Waals surface area contributed by atoms with Crippen LogP contribution in [0.5, 0.6) is 0 Å².